The Morgan fingerprint density at radius 3 is 2.95 bits per heavy atom. The van der Waals surface area contributed by atoms with Gasteiger partial charge in [-0.05, 0) is 71.9 Å². The van der Waals surface area contributed by atoms with Crippen molar-refractivity contribution in [3.05, 3.63) is 34.1 Å². The van der Waals surface area contributed by atoms with Gasteiger partial charge in [0.25, 0.3) is 0 Å². The van der Waals surface area contributed by atoms with E-state index in [2.05, 4.69) is 40.0 Å². The minimum atomic E-state index is -0.185. The molecule has 0 aromatic heterocycles. The number of hydrogen-bond acceptors (Lipinski definition) is 2. The van der Waals surface area contributed by atoms with Crippen LogP contribution in [0.25, 0.3) is 0 Å². The Balaban J connectivity index is 1.82. The Hall–Kier alpha value is -0.450. The number of rotatable bonds is 3. The summed E-state index contributed by atoms with van der Waals surface area (Å²) in [5.74, 6) is 1.38. The van der Waals surface area contributed by atoms with Gasteiger partial charge < -0.3 is 5.32 Å². The summed E-state index contributed by atoms with van der Waals surface area (Å²) in [5, 5.41) is 3.52. The SMILES string of the molecule is CCC1C2CNCC2CN1C(C)c1ccc(F)c(Br)c1. The van der Waals surface area contributed by atoms with E-state index in [9.17, 15) is 4.39 Å². The first-order chi connectivity index (χ1) is 9.61. The Morgan fingerprint density at radius 2 is 2.25 bits per heavy atom. The first-order valence-electron chi connectivity index (χ1n) is 7.53. The van der Waals surface area contributed by atoms with Gasteiger partial charge in [-0.3, -0.25) is 4.90 Å². The van der Waals surface area contributed by atoms with Crippen molar-refractivity contribution in [1.82, 2.24) is 10.2 Å². The Bertz CT molecular complexity index is 493. The fraction of sp³-hybridized carbons (Fsp3) is 0.625. The monoisotopic (exact) mass is 340 g/mol. The molecule has 2 aliphatic heterocycles. The molecule has 0 saturated carbocycles. The van der Waals surface area contributed by atoms with Crippen LogP contribution in [0.5, 0.6) is 0 Å². The molecule has 4 heteroatoms. The van der Waals surface area contributed by atoms with Crippen LogP contribution in [0.2, 0.25) is 0 Å². The third-order valence-corrected chi connectivity index (χ3v) is 5.71. The van der Waals surface area contributed by atoms with E-state index in [-0.39, 0.29) is 5.82 Å². The standard InChI is InChI=1S/C16H22BrFN2/c1-3-16-13-8-19-7-12(13)9-20(16)10(2)11-4-5-15(18)14(17)6-11/h4-6,10,12-13,16,19H,3,7-9H2,1-2H3. The highest BCUT2D eigenvalue weighted by atomic mass is 79.9. The number of hydrogen-bond donors (Lipinski definition) is 1. The first kappa shape index (κ1) is 14.5. The third kappa shape index (κ3) is 2.42. The molecular formula is C16H22BrFN2. The fourth-order valence-electron chi connectivity index (χ4n) is 4.00. The molecule has 1 aromatic carbocycles. The molecule has 1 aromatic rings. The maximum atomic E-state index is 13.4. The van der Waals surface area contributed by atoms with Crippen LogP contribution in [0, 0.1) is 17.7 Å². The molecule has 0 radical (unpaired) electrons. The van der Waals surface area contributed by atoms with Gasteiger partial charge >= 0.3 is 0 Å². The van der Waals surface area contributed by atoms with Crippen molar-refractivity contribution in [2.75, 3.05) is 19.6 Å². The molecule has 4 unspecified atom stereocenters. The molecule has 0 amide bonds. The summed E-state index contributed by atoms with van der Waals surface area (Å²) in [6.07, 6.45) is 1.19. The van der Waals surface area contributed by atoms with E-state index in [1.54, 1.807) is 6.07 Å². The molecule has 2 saturated heterocycles. The van der Waals surface area contributed by atoms with Crippen LogP contribution >= 0.6 is 15.9 Å². The minimum Gasteiger partial charge on any atom is -0.316 e. The van der Waals surface area contributed by atoms with Gasteiger partial charge in [-0.1, -0.05) is 13.0 Å². The number of nitrogens with one attached hydrogen (secondary N) is 1. The summed E-state index contributed by atoms with van der Waals surface area (Å²) in [5.41, 5.74) is 1.20. The molecule has 3 rings (SSSR count). The first-order valence-corrected chi connectivity index (χ1v) is 8.32. The van der Waals surface area contributed by atoms with Gasteiger partial charge in [0.15, 0.2) is 0 Å². The van der Waals surface area contributed by atoms with Crippen LogP contribution in [-0.4, -0.2) is 30.6 Å². The highest BCUT2D eigenvalue weighted by Gasteiger charge is 2.44. The lowest BCUT2D eigenvalue weighted by molar-refractivity contribution is 0.165. The van der Waals surface area contributed by atoms with Crippen LogP contribution < -0.4 is 5.32 Å². The smallest absolute Gasteiger partial charge is 0.137 e. The van der Waals surface area contributed by atoms with Crippen molar-refractivity contribution in [1.29, 1.82) is 0 Å². The van der Waals surface area contributed by atoms with Crippen molar-refractivity contribution < 1.29 is 4.39 Å². The normalized spacial score (nSPS) is 31.5. The molecule has 1 N–H and O–H groups in total. The van der Waals surface area contributed by atoms with E-state index < -0.39 is 0 Å². The summed E-state index contributed by atoms with van der Waals surface area (Å²) < 4.78 is 14.0. The molecule has 4 atom stereocenters. The molecule has 110 valence electrons. The van der Waals surface area contributed by atoms with Gasteiger partial charge in [-0.15, -0.1) is 0 Å². The van der Waals surface area contributed by atoms with Gasteiger partial charge in [-0.25, -0.2) is 4.39 Å². The van der Waals surface area contributed by atoms with Crippen molar-refractivity contribution in [3.8, 4) is 0 Å². The van der Waals surface area contributed by atoms with E-state index in [0.717, 1.165) is 31.5 Å². The lowest BCUT2D eigenvalue weighted by Crippen LogP contribution is -2.36. The minimum absolute atomic E-state index is 0.185. The van der Waals surface area contributed by atoms with Gasteiger partial charge in [0.05, 0.1) is 4.47 Å². The predicted molar refractivity (Wildman–Crippen MR) is 83.1 cm³/mol. The number of halogens is 2. The number of nitrogens with zero attached hydrogens (tertiary/aromatic N) is 1. The average molecular weight is 341 g/mol. The molecule has 20 heavy (non-hydrogen) atoms. The lowest BCUT2D eigenvalue weighted by Gasteiger charge is -2.32. The number of likely N-dealkylation sites (tertiary alicyclic amines) is 1. The molecule has 0 spiro atoms. The quantitative estimate of drug-likeness (QED) is 0.904. The summed E-state index contributed by atoms with van der Waals surface area (Å²) in [7, 11) is 0. The summed E-state index contributed by atoms with van der Waals surface area (Å²) in [4.78, 5) is 2.62. The summed E-state index contributed by atoms with van der Waals surface area (Å²) in [6.45, 7) is 7.99. The van der Waals surface area contributed by atoms with Gasteiger partial charge in [0, 0.05) is 18.6 Å². The largest absolute Gasteiger partial charge is 0.316 e. The average Bonchev–Trinajstić information content (AvgIpc) is 3.01. The number of fused-ring (bicyclic) bond motifs is 1. The zero-order valence-electron chi connectivity index (χ0n) is 12.1. The van der Waals surface area contributed by atoms with Crippen molar-refractivity contribution in [3.63, 3.8) is 0 Å². The van der Waals surface area contributed by atoms with Crippen molar-refractivity contribution in [2.45, 2.75) is 32.4 Å². The maximum Gasteiger partial charge on any atom is 0.137 e. The summed E-state index contributed by atoms with van der Waals surface area (Å²) in [6, 6.07) is 6.41. The molecule has 2 fully saturated rings. The maximum absolute atomic E-state index is 13.4. The van der Waals surface area contributed by atoms with Crippen molar-refractivity contribution >= 4 is 15.9 Å². The summed E-state index contributed by atoms with van der Waals surface area (Å²) >= 11 is 3.30. The van der Waals surface area contributed by atoms with Crippen LogP contribution in [-0.2, 0) is 0 Å². The second kappa shape index (κ2) is 5.74. The van der Waals surface area contributed by atoms with Gasteiger partial charge in [0.2, 0.25) is 0 Å². The Labute approximate surface area is 128 Å². The topological polar surface area (TPSA) is 15.3 Å². The molecule has 0 bridgehead atoms. The van der Waals surface area contributed by atoms with Crippen LogP contribution in [0.1, 0.15) is 31.9 Å². The van der Waals surface area contributed by atoms with Crippen molar-refractivity contribution in [2.24, 2.45) is 11.8 Å². The molecule has 2 nitrogen and oxygen atoms in total. The Morgan fingerprint density at radius 1 is 1.45 bits per heavy atom. The molecule has 2 heterocycles. The Kier molecular flexibility index (Phi) is 4.16. The van der Waals surface area contributed by atoms with E-state index in [1.807, 2.05) is 12.1 Å². The zero-order valence-corrected chi connectivity index (χ0v) is 13.7. The number of benzene rings is 1. The van der Waals surface area contributed by atoms with Gasteiger partial charge in [0.1, 0.15) is 5.82 Å². The highest BCUT2D eigenvalue weighted by Crippen LogP contribution is 2.39. The third-order valence-electron chi connectivity index (χ3n) is 5.10. The second-order valence-corrected chi connectivity index (χ2v) is 6.96. The van der Waals surface area contributed by atoms with E-state index in [1.165, 1.54) is 12.0 Å². The second-order valence-electron chi connectivity index (χ2n) is 6.10. The highest BCUT2D eigenvalue weighted by molar-refractivity contribution is 9.10. The molecule has 0 aliphatic carbocycles. The van der Waals surface area contributed by atoms with Crippen LogP contribution in [0.4, 0.5) is 4.39 Å². The fourth-order valence-corrected chi connectivity index (χ4v) is 4.40. The lowest BCUT2D eigenvalue weighted by atomic mass is 9.92. The predicted octanol–water partition coefficient (Wildman–Crippen LogP) is 3.58. The van der Waals surface area contributed by atoms with Crippen LogP contribution in [0.3, 0.4) is 0 Å². The van der Waals surface area contributed by atoms with E-state index in [0.29, 0.717) is 16.6 Å². The molecule has 2 aliphatic rings. The van der Waals surface area contributed by atoms with E-state index >= 15 is 0 Å². The van der Waals surface area contributed by atoms with E-state index in [4.69, 9.17) is 0 Å². The van der Waals surface area contributed by atoms with Gasteiger partial charge in [-0.2, -0.15) is 0 Å². The zero-order chi connectivity index (χ0) is 14.3. The molecular weight excluding hydrogens is 319 g/mol. The van der Waals surface area contributed by atoms with Crippen LogP contribution in [0.15, 0.2) is 22.7 Å².